The first-order chi connectivity index (χ1) is 9.01. The summed E-state index contributed by atoms with van der Waals surface area (Å²) in [5.74, 6) is 0.330. The highest BCUT2D eigenvalue weighted by Crippen LogP contribution is 2.27. The van der Waals surface area contributed by atoms with Gasteiger partial charge in [0.1, 0.15) is 0 Å². The summed E-state index contributed by atoms with van der Waals surface area (Å²) in [5.41, 5.74) is 9.29. The molecule has 1 aromatic carbocycles. The Hall–Kier alpha value is -1.04. The fraction of sp³-hybridized carbons (Fsp3) is 0.500. The summed E-state index contributed by atoms with van der Waals surface area (Å²) in [6, 6.07) is 6.07. The second-order valence-electron chi connectivity index (χ2n) is 5.22. The van der Waals surface area contributed by atoms with Gasteiger partial charge in [-0.3, -0.25) is 0 Å². The Morgan fingerprint density at radius 1 is 1.42 bits per heavy atom. The maximum Gasteiger partial charge on any atom is 0.166 e. The van der Waals surface area contributed by atoms with Crippen LogP contribution in [0.3, 0.4) is 0 Å². The van der Waals surface area contributed by atoms with E-state index in [0.717, 1.165) is 16.2 Å². The average molecular weight is 279 g/mol. The molecule has 0 radical (unpaired) electrons. The number of fused-ring (bicyclic) bond motifs is 1. The molecule has 2 unspecified atom stereocenters. The standard InChI is InChI=1S/C14H21N3OS/c1-8(2)13(15)12(7-18)19-14-16-10-5-4-9(3)6-11(10)17-14/h4-6,8,12-13,18H,7,15H2,1-3H3,(H,16,17). The van der Waals surface area contributed by atoms with E-state index in [1.807, 2.05) is 12.1 Å². The molecule has 0 amide bonds. The highest BCUT2D eigenvalue weighted by atomic mass is 32.2. The van der Waals surface area contributed by atoms with Crippen LogP contribution in [0.5, 0.6) is 0 Å². The number of H-pyrrole nitrogens is 1. The highest BCUT2D eigenvalue weighted by molar-refractivity contribution is 7.99. The third-order valence-electron chi connectivity index (χ3n) is 3.26. The van der Waals surface area contributed by atoms with Crippen LogP contribution in [0.2, 0.25) is 0 Å². The molecule has 4 nitrogen and oxygen atoms in total. The Bertz CT molecular complexity index is 553. The second-order valence-corrected chi connectivity index (χ2v) is 6.45. The first-order valence-corrected chi connectivity index (χ1v) is 7.38. The van der Waals surface area contributed by atoms with Crippen LogP contribution < -0.4 is 5.73 Å². The number of aromatic nitrogens is 2. The van der Waals surface area contributed by atoms with Crippen molar-refractivity contribution in [1.29, 1.82) is 0 Å². The van der Waals surface area contributed by atoms with Crippen LogP contribution in [0.1, 0.15) is 19.4 Å². The molecule has 2 rings (SSSR count). The highest BCUT2D eigenvalue weighted by Gasteiger charge is 2.22. The molecule has 0 spiro atoms. The lowest BCUT2D eigenvalue weighted by atomic mass is 10.0. The minimum Gasteiger partial charge on any atom is -0.395 e. The van der Waals surface area contributed by atoms with Gasteiger partial charge in [0.25, 0.3) is 0 Å². The minimum atomic E-state index is -0.0510. The van der Waals surface area contributed by atoms with Crippen molar-refractivity contribution in [2.75, 3.05) is 6.61 Å². The van der Waals surface area contributed by atoms with Crippen LogP contribution in [0.15, 0.2) is 23.4 Å². The Kier molecular flexibility index (Phi) is 4.50. The summed E-state index contributed by atoms with van der Waals surface area (Å²) in [4.78, 5) is 7.80. The van der Waals surface area contributed by atoms with Crippen LogP contribution in [0.4, 0.5) is 0 Å². The molecular formula is C14H21N3OS. The first kappa shape index (κ1) is 14.4. The summed E-state index contributed by atoms with van der Waals surface area (Å²) < 4.78 is 0. The summed E-state index contributed by atoms with van der Waals surface area (Å²) in [6.07, 6.45) is 0. The third-order valence-corrected chi connectivity index (χ3v) is 4.44. The number of thioether (sulfide) groups is 1. The summed E-state index contributed by atoms with van der Waals surface area (Å²) >= 11 is 1.52. The van der Waals surface area contributed by atoms with Crippen molar-refractivity contribution in [3.05, 3.63) is 23.8 Å². The van der Waals surface area contributed by atoms with Crippen molar-refractivity contribution in [1.82, 2.24) is 9.97 Å². The van der Waals surface area contributed by atoms with Gasteiger partial charge in [-0.2, -0.15) is 0 Å². The molecule has 0 aliphatic carbocycles. The number of nitrogens with two attached hydrogens (primary N) is 1. The average Bonchev–Trinajstić information content (AvgIpc) is 2.76. The van der Waals surface area contributed by atoms with Crippen LogP contribution in [-0.4, -0.2) is 33.0 Å². The van der Waals surface area contributed by atoms with Crippen molar-refractivity contribution in [3.8, 4) is 0 Å². The quantitative estimate of drug-likeness (QED) is 0.734. The zero-order chi connectivity index (χ0) is 14.0. The summed E-state index contributed by atoms with van der Waals surface area (Å²) in [7, 11) is 0. The van der Waals surface area contributed by atoms with Gasteiger partial charge in [-0.15, -0.1) is 0 Å². The lowest BCUT2D eigenvalue weighted by Crippen LogP contribution is -2.39. The van der Waals surface area contributed by atoms with Gasteiger partial charge in [-0.25, -0.2) is 4.98 Å². The molecule has 4 N–H and O–H groups in total. The van der Waals surface area contributed by atoms with Gasteiger partial charge < -0.3 is 15.8 Å². The molecule has 0 saturated heterocycles. The predicted octanol–water partition coefficient (Wildman–Crippen LogP) is 2.31. The number of aliphatic hydroxyl groups excluding tert-OH is 1. The molecule has 0 fully saturated rings. The Morgan fingerprint density at radius 3 is 2.79 bits per heavy atom. The maximum atomic E-state index is 9.48. The number of hydrogen-bond donors (Lipinski definition) is 3. The van der Waals surface area contributed by atoms with E-state index in [9.17, 15) is 5.11 Å². The van der Waals surface area contributed by atoms with E-state index < -0.39 is 0 Å². The monoisotopic (exact) mass is 279 g/mol. The Balaban J connectivity index is 2.20. The van der Waals surface area contributed by atoms with E-state index in [2.05, 4.69) is 36.8 Å². The van der Waals surface area contributed by atoms with Crippen LogP contribution in [-0.2, 0) is 0 Å². The van der Waals surface area contributed by atoms with Crippen molar-refractivity contribution >= 4 is 22.8 Å². The number of aryl methyl sites for hydroxylation is 1. The summed E-state index contributed by atoms with van der Waals surface area (Å²) in [6.45, 7) is 6.24. The molecule has 1 heterocycles. The van der Waals surface area contributed by atoms with E-state index in [1.165, 1.54) is 17.3 Å². The van der Waals surface area contributed by atoms with Gasteiger partial charge in [0.05, 0.1) is 22.9 Å². The van der Waals surface area contributed by atoms with Crippen molar-refractivity contribution in [2.45, 2.75) is 37.2 Å². The van der Waals surface area contributed by atoms with E-state index in [0.29, 0.717) is 5.92 Å². The first-order valence-electron chi connectivity index (χ1n) is 6.50. The number of nitrogens with one attached hydrogen (secondary N) is 1. The zero-order valence-corrected chi connectivity index (χ0v) is 12.4. The van der Waals surface area contributed by atoms with E-state index >= 15 is 0 Å². The normalized spacial score (nSPS) is 15.1. The molecule has 104 valence electrons. The molecule has 5 heteroatoms. The molecule has 2 atom stereocenters. The van der Waals surface area contributed by atoms with Crippen LogP contribution >= 0.6 is 11.8 Å². The van der Waals surface area contributed by atoms with E-state index in [-0.39, 0.29) is 17.9 Å². The lowest BCUT2D eigenvalue weighted by molar-refractivity contribution is 0.269. The zero-order valence-electron chi connectivity index (χ0n) is 11.6. The number of aliphatic hydroxyl groups is 1. The van der Waals surface area contributed by atoms with Crippen molar-refractivity contribution in [3.63, 3.8) is 0 Å². The molecule has 0 aliphatic rings. The largest absolute Gasteiger partial charge is 0.395 e. The van der Waals surface area contributed by atoms with Crippen molar-refractivity contribution in [2.24, 2.45) is 11.7 Å². The van der Waals surface area contributed by atoms with E-state index in [4.69, 9.17) is 5.73 Å². The number of nitrogens with zero attached hydrogens (tertiary/aromatic N) is 1. The van der Waals surface area contributed by atoms with Gasteiger partial charge in [0, 0.05) is 6.04 Å². The molecule has 0 aliphatic heterocycles. The van der Waals surface area contributed by atoms with Gasteiger partial charge >= 0.3 is 0 Å². The molecule has 19 heavy (non-hydrogen) atoms. The topological polar surface area (TPSA) is 74.9 Å². The van der Waals surface area contributed by atoms with E-state index in [1.54, 1.807) is 0 Å². The summed E-state index contributed by atoms with van der Waals surface area (Å²) in [5, 5.41) is 10.3. The van der Waals surface area contributed by atoms with Crippen LogP contribution in [0.25, 0.3) is 11.0 Å². The number of benzene rings is 1. The van der Waals surface area contributed by atoms with Gasteiger partial charge in [-0.05, 0) is 30.5 Å². The number of aromatic amines is 1. The molecular weight excluding hydrogens is 258 g/mol. The maximum absolute atomic E-state index is 9.48. The molecule has 0 bridgehead atoms. The molecule has 2 aromatic rings. The predicted molar refractivity (Wildman–Crippen MR) is 80.4 cm³/mol. The number of hydrogen-bond acceptors (Lipinski definition) is 4. The fourth-order valence-electron chi connectivity index (χ4n) is 1.97. The van der Waals surface area contributed by atoms with Crippen molar-refractivity contribution < 1.29 is 5.11 Å². The second kappa shape index (κ2) is 5.94. The fourth-order valence-corrected chi connectivity index (χ4v) is 3.12. The van der Waals surface area contributed by atoms with Crippen LogP contribution in [0, 0.1) is 12.8 Å². The third kappa shape index (κ3) is 3.29. The Labute approximate surface area is 117 Å². The number of imidazole rings is 1. The minimum absolute atomic E-state index is 0.0401. The SMILES string of the molecule is Cc1ccc2nc(SC(CO)C(N)C(C)C)[nH]c2c1. The smallest absolute Gasteiger partial charge is 0.166 e. The molecule has 0 saturated carbocycles. The number of rotatable bonds is 5. The molecule has 1 aromatic heterocycles. The van der Waals surface area contributed by atoms with Gasteiger partial charge in [0.15, 0.2) is 5.16 Å². The van der Waals surface area contributed by atoms with Gasteiger partial charge in [0.2, 0.25) is 0 Å². The Morgan fingerprint density at radius 2 is 2.16 bits per heavy atom. The van der Waals surface area contributed by atoms with Gasteiger partial charge in [-0.1, -0.05) is 31.7 Å². The lowest BCUT2D eigenvalue weighted by Gasteiger charge is -2.23.